The SMILES string of the molecule is CC(C)C(O)CNC(=O)c1cc2cc(Br)ccc2[nH]1. The summed E-state index contributed by atoms with van der Waals surface area (Å²) in [5.41, 5.74) is 1.42. The second-order valence-electron chi connectivity index (χ2n) is 4.94. The van der Waals surface area contributed by atoms with Gasteiger partial charge < -0.3 is 15.4 Å². The molecule has 1 aromatic heterocycles. The molecule has 1 aromatic carbocycles. The topological polar surface area (TPSA) is 65.1 Å². The molecule has 5 heteroatoms. The van der Waals surface area contributed by atoms with Crippen molar-refractivity contribution in [2.75, 3.05) is 6.54 Å². The second-order valence-corrected chi connectivity index (χ2v) is 5.85. The normalized spacial score (nSPS) is 12.9. The number of halogens is 1. The Labute approximate surface area is 120 Å². The molecule has 3 N–H and O–H groups in total. The van der Waals surface area contributed by atoms with E-state index >= 15 is 0 Å². The van der Waals surface area contributed by atoms with Gasteiger partial charge in [-0.25, -0.2) is 0 Å². The van der Waals surface area contributed by atoms with E-state index in [1.807, 2.05) is 32.0 Å². The number of hydrogen-bond acceptors (Lipinski definition) is 2. The average molecular weight is 325 g/mol. The van der Waals surface area contributed by atoms with Crippen molar-refractivity contribution in [2.45, 2.75) is 20.0 Å². The number of aromatic amines is 1. The van der Waals surface area contributed by atoms with Crippen molar-refractivity contribution in [3.05, 3.63) is 34.4 Å². The fraction of sp³-hybridized carbons (Fsp3) is 0.357. The van der Waals surface area contributed by atoms with E-state index in [1.165, 1.54) is 0 Å². The van der Waals surface area contributed by atoms with Crippen LogP contribution in [0.1, 0.15) is 24.3 Å². The number of amides is 1. The number of carbonyl (C=O) groups is 1. The number of aromatic nitrogens is 1. The van der Waals surface area contributed by atoms with Gasteiger partial charge in [-0.1, -0.05) is 29.8 Å². The van der Waals surface area contributed by atoms with Gasteiger partial charge in [0.15, 0.2) is 0 Å². The van der Waals surface area contributed by atoms with Crippen LogP contribution >= 0.6 is 15.9 Å². The molecule has 4 nitrogen and oxygen atoms in total. The standard InChI is InChI=1S/C14H17BrN2O2/c1-8(2)13(18)7-16-14(19)12-6-9-5-10(15)3-4-11(9)17-12/h3-6,8,13,17-18H,7H2,1-2H3,(H,16,19). The zero-order chi connectivity index (χ0) is 14.0. The van der Waals surface area contributed by atoms with Gasteiger partial charge in [-0.15, -0.1) is 0 Å². The van der Waals surface area contributed by atoms with Gasteiger partial charge in [0.25, 0.3) is 5.91 Å². The van der Waals surface area contributed by atoms with E-state index < -0.39 is 6.10 Å². The highest BCUT2D eigenvalue weighted by atomic mass is 79.9. The van der Waals surface area contributed by atoms with Crippen molar-refractivity contribution >= 4 is 32.7 Å². The Morgan fingerprint density at radius 1 is 1.42 bits per heavy atom. The predicted molar refractivity (Wildman–Crippen MR) is 79.2 cm³/mol. The minimum atomic E-state index is -0.525. The van der Waals surface area contributed by atoms with Crippen molar-refractivity contribution in [3.63, 3.8) is 0 Å². The average Bonchev–Trinajstić information content (AvgIpc) is 2.78. The largest absolute Gasteiger partial charge is 0.391 e. The number of aliphatic hydroxyl groups is 1. The van der Waals surface area contributed by atoms with Crippen LogP contribution in [0.4, 0.5) is 0 Å². The Morgan fingerprint density at radius 3 is 2.84 bits per heavy atom. The molecule has 2 rings (SSSR count). The quantitative estimate of drug-likeness (QED) is 0.809. The van der Waals surface area contributed by atoms with Crippen molar-refractivity contribution in [3.8, 4) is 0 Å². The minimum Gasteiger partial charge on any atom is -0.391 e. The molecule has 0 saturated carbocycles. The number of hydrogen-bond donors (Lipinski definition) is 3. The van der Waals surface area contributed by atoms with Gasteiger partial charge in [-0.3, -0.25) is 4.79 Å². The molecule has 0 aliphatic carbocycles. The molecule has 2 aromatic rings. The summed E-state index contributed by atoms with van der Waals surface area (Å²) in [5, 5.41) is 13.4. The molecule has 1 atom stereocenters. The molecule has 102 valence electrons. The lowest BCUT2D eigenvalue weighted by molar-refractivity contribution is 0.0868. The molecular formula is C14H17BrN2O2. The van der Waals surface area contributed by atoms with E-state index in [0.29, 0.717) is 5.69 Å². The Morgan fingerprint density at radius 2 is 2.16 bits per heavy atom. The molecule has 0 bridgehead atoms. The van der Waals surface area contributed by atoms with Crippen LogP contribution in [0.25, 0.3) is 10.9 Å². The molecule has 1 heterocycles. The third-order valence-electron chi connectivity index (χ3n) is 3.07. The van der Waals surface area contributed by atoms with Gasteiger partial charge >= 0.3 is 0 Å². The van der Waals surface area contributed by atoms with Crippen molar-refractivity contribution in [1.82, 2.24) is 10.3 Å². The smallest absolute Gasteiger partial charge is 0.267 e. The molecule has 0 radical (unpaired) electrons. The molecule has 0 saturated heterocycles. The van der Waals surface area contributed by atoms with Crippen LogP contribution in [0.3, 0.4) is 0 Å². The fourth-order valence-electron chi connectivity index (χ4n) is 1.75. The van der Waals surface area contributed by atoms with Gasteiger partial charge in [-0.2, -0.15) is 0 Å². The maximum atomic E-state index is 12.0. The van der Waals surface area contributed by atoms with E-state index in [1.54, 1.807) is 6.07 Å². The molecular weight excluding hydrogens is 308 g/mol. The maximum absolute atomic E-state index is 12.0. The molecule has 19 heavy (non-hydrogen) atoms. The monoisotopic (exact) mass is 324 g/mol. The summed E-state index contributed by atoms with van der Waals surface area (Å²) in [6.45, 7) is 4.09. The zero-order valence-electron chi connectivity index (χ0n) is 10.9. The number of benzene rings is 1. The first-order valence-electron chi connectivity index (χ1n) is 6.22. The summed E-state index contributed by atoms with van der Waals surface area (Å²) in [6, 6.07) is 7.59. The first kappa shape index (κ1) is 14.1. The van der Waals surface area contributed by atoms with Crippen LogP contribution in [0.5, 0.6) is 0 Å². The highest BCUT2D eigenvalue weighted by molar-refractivity contribution is 9.10. The predicted octanol–water partition coefficient (Wildman–Crippen LogP) is 2.68. The summed E-state index contributed by atoms with van der Waals surface area (Å²) in [4.78, 5) is 15.0. The molecule has 0 aliphatic rings. The first-order valence-corrected chi connectivity index (χ1v) is 7.01. The number of H-pyrrole nitrogens is 1. The Kier molecular flexibility index (Phi) is 4.27. The van der Waals surface area contributed by atoms with E-state index in [9.17, 15) is 9.90 Å². The van der Waals surface area contributed by atoms with Gasteiger partial charge in [0.1, 0.15) is 5.69 Å². The lowest BCUT2D eigenvalue weighted by atomic mass is 10.1. The molecule has 0 fully saturated rings. The lowest BCUT2D eigenvalue weighted by Gasteiger charge is -2.14. The van der Waals surface area contributed by atoms with Crippen molar-refractivity contribution in [1.29, 1.82) is 0 Å². The maximum Gasteiger partial charge on any atom is 0.267 e. The number of aliphatic hydroxyl groups excluding tert-OH is 1. The summed E-state index contributed by atoms with van der Waals surface area (Å²) in [5.74, 6) is -0.0778. The van der Waals surface area contributed by atoms with Gasteiger partial charge in [-0.05, 0) is 30.2 Å². The van der Waals surface area contributed by atoms with Crippen LogP contribution in [0.2, 0.25) is 0 Å². The number of fused-ring (bicyclic) bond motifs is 1. The van der Waals surface area contributed by atoms with Crippen molar-refractivity contribution in [2.24, 2.45) is 5.92 Å². The Bertz CT molecular complexity index is 592. The molecule has 0 spiro atoms. The van der Waals surface area contributed by atoms with E-state index in [2.05, 4.69) is 26.2 Å². The highest BCUT2D eigenvalue weighted by Gasteiger charge is 2.13. The van der Waals surface area contributed by atoms with Crippen LogP contribution in [-0.4, -0.2) is 28.6 Å². The number of rotatable bonds is 4. The first-order chi connectivity index (χ1) is 8.97. The highest BCUT2D eigenvalue weighted by Crippen LogP contribution is 2.20. The Hall–Kier alpha value is -1.33. The van der Waals surface area contributed by atoms with Crippen LogP contribution in [-0.2, 0) is 0 Å². The molecule has 1 unspecified atom stereocenters. The Balaban J connectivity index is 2.09. The summed E-state index contributed by atoms with van der Waals surface area (Å²) in [7, 11) is 0. The third-order valence-corrected chi connectivity index (χ3v) is 3.56. The number of nitrogens with one attached hydrogen (secondary N) is 2. The summed E-state index contributed by atoms with van der Waals surface area (Å²) in [6.07, 6.45) is -0.525. The van der Waals surface area contributed by atoms with E-state index in [4.69, 9.17) is 0 Å². The van der Waals surface area contributed by atoms with Crippen LogP contribution in [0, 0.1) is 5.92 Å². The fourth-order valence-corrected chi connectivity index (χ4v) is 2.13. The van der Waals surface area contributed by atoms with Crippen molar-refractivity contribution < 1.29 is 9.90 Å². The van der Waals surface area contributed by atoms with Gasteiger partial charge in [0.05, 0.1) is 6.10 Å². The second kappa shape index (κ2) is 5.75. The zero-order valence-corrected chi connectivity index (χ0v) is 12.5. The minimum absolute atomic E-state index is 0.124. The molecule has 0 aliphatic heterocycles. The lowest BCUT2D eigenvalue weighted by Crippen LogP contribution is -2.34. The molecule has 1 amide bonds. The summed E-state index contributed by atoms with van der Waals surface area (Å²) >= 11 is 3.40. The number of carbonyl (C=O) groups excluding carboxylic acids is 1. The third kappa shape index (κ3) is 3.36. The summed E-state index contributed by atoms with van der Waals surface area (Å²) < 4.78 is 0.973. The van der Waals surface area contributed by atoms with Gasteiger partial charge in [0, 0.05) is 21.9 Å². The van der Waals surface area contributed by atoms with E-state index in [0.717, 1.165) is 15.4 Å². The van der Waals surface area contributed by atoms with Crippen LogP contribution in [0.15, 0.2) is 28.7 Å². The van der Waals surface area contributed by atoms with Crippen LogP contribution < -0.4 is 5.32 Å². The van der Waals surface area contributed by atoms with Gasteiger partial charge in [0.2, 0.25) is 0 Å². The van der Waals surface area contributed by atoms with E-state index in [-0.39, 0.29) is 18.4 Å².